The summed E-state index contributed by atoms with van der Waals surface area (Å²) in [4.78, 5) is 35.2. The number of ether oxygens (including phenoxy) is 2. The van der Waals surface area contributed by atoms with Crippen LogP contribution in [0.25, 0.3) is 0 Å². The molecule has 0 spiro atoms. The molecule has 9 nitrogen and oxygen atoms in total. The molecule has 0 aromatic carbocycles. The van der Waals surface area contributed by atoms with Crippen molar-refractivity contribution in [3.05, 3.63) is 48.6 Å². The lowest BCUT2D eigenvalue weighted by atomic mass is 10.1. The van der Waals surface area contributed by atoms with Crippen molar-refractivity contribution in [2.75, 3.05) is 47.5 Å². The van der Waals surface area contributed by atoms with Crippen molar-refractivity contribution >= 4 is 19.8 Å². The van der Waals surface area contributed by atoms with Gasteiger partial charge < -0.3 is 18.9 Å². The quantitative estimate of drug-likeness (QED) is 0.0221. The fraction of sp³-hybridized carbons (Fsp3) is 0.762. The summed E-state index contributed by atoms with van der Waals surface area (Å²) in [7, 11) is 1.45. The number of rotatable bonds is 36. The molecule has 0 saturated heterocycles. The molecule has 0 amide bonds. The van der Waals surface area contributed by atoms with Gasteiger partial charge in [0, 0.05) is 12.8 Å². The monoisotopic (exact) mass is 755 g/mol. The lowest BCUT2D eigenvalue weighted by Crippen LogP contribution is -2.37. The van der Waals surface area contributed by atoms with Crippen LogP contribution >= 0.6 is 7.82 Å². The molecule has 0 radical (unpaired) electrons. The minimum absolute atomic E-state index is 0.0248. The molecule has 2 unspecified atom stereocenters. The standard InChI is InChI=1S/C42H76NO8P/c1-6-8-10-12-14-16-18-20-22-24-26-28-30-32-34-41(44)48-38-40(39-50-52(46,47)49-37-36-43(3,4)5)51-42(45)35-33-31-29-27-25-23-21-19-17-15-13-11-9-7-2/h12-15,18-21,40H,6-11,16-17,22-39H2,1-5H3/p+1/b14-12-,15-13-,20-18-,21-19-. The Kier molecular flexibility index (Phi) is 33.4. The van der Waals surface area contributed by atoms with Gasteiger partial charge in [0.05, 0.1) is 27.7 Å². The fourth-order valence-electron chi connectivity index (χ4n) is 5.04. The summed E-state index contributed by atoms with van der Waals surface area (Å²) in [5, 5.41) is 0. The van der Waals surface area contributed by atoms with Crippen LogP contribution in [0.1, 0.15) is 155 Å². The highest BCUT2D eigenvalue weighted by Gasteiger charge is 2.27. The summed E-state index contributed by atoms with van der Waals surface area (Å²) in [6.45, 7) is 4.29. The summed E-state index contributed by atoms with van der Waals surface area (Å²) in [6, 6.07) is 0. The molecule has 0 aliphatic carbocycles. The van der Waals surface area contributed by atoms with Crippen molar-refractivity contribution in [3.8, 4) is 0 Å². The van der Waals surface area contributed by atoms with Crippen LogP contribution < -0.4 is 0 Å². The smallest absolute Gasteiger partial charge is 0.462 e. The summed E-state index contributed by atoms with van der Waals surface area (Å²) >= 11 is 0. The molecular weight excluding hydrogens is 677 g/mol. The molecule has 0 saturated carbocycles. The second kappa shape index (κ2) is 34.7. The molecule has 1 N–H and O–H groups in total. The van der Waals surface area contributed by atoms with Gasteiger partial charge in [-0.15, -0.1) is 0 Å². The Morgan fingerprint density at radius 3 is 1.52 bits per heavy atom. The molecule has 0 aromatic heterocycles. The average Bonchev–Trinajstić information content (AvgIpc) is 3.09. The van der Waals surface area contributed by atoms with Gasteiger partial charge in [-0.3, -0.25) is 18.6 Å². The van der Waals surface area contributed by atoms with E-state index in [4.69, 9.17) is 18.5 Å². The second-order valence-electron chi connectivity index (χ2n) is 14.7. The molecule has 0 aromatic rings. The van der Waals surface area contributed by atoms with Gasteiger partial charge >= 0.3 is 19.8 Å². The van der Waals surface area contributed by atoms with Crippen LogP contribution in [0, 0.1) is 0 Å². The molecule has 0 heterocycles. The minimum Gasteiger partial charge on any atom is -0.462 e. The van der Waals surface area contributed by atoms with Gasteiger partial charge in [0.2, 0.25) is 0 Å². The van der Waals surface area contributed by atoms with Crippen LogP contribution in [0.2, 0.25) is 0 Å². The van der Waals surface area contributed by atoms with Gasteiger partial charge in [-0.1, -0.05) is 127 Å². The number of hydrogen-bond acceptors (Lipinski definition) is 7. The van der Waals surface area contributed by atoms with Crippen LogP contribution in [0.5, 0.6) is 0 Å². The molecule has 0 bridgehead atoms. The summed E-state index contributed by atoms with van der Waals surface area (Å²) in [5.41, 5.74) is 0. The van der Waals surface area contributed by atoms with Gasteiger partial charge in [0.1, 0.15) is 19.8 Å². The molecular formula is C42H77NO8P+. The number of hydrogen-bond donors (Lipinski definition) is 1. The Morgan fingerprint density at radius 1 is 0.596 bits per heavy atom. The zero-order valence-corrected chi connectivity index (χ0v) is 34.7. The van der Waals surface area contributed by atoms with Crippen molar-refractivity contribution < 1.29 is 42.1 Å². The van der Waals surface area contributed by atoms with Crippen LogP contribution in [0.4, 0.5) is 0 Å². The SMILES string of the molecule is CCCC/C=C\C/C=C\CCCCCCCC(=O)OCC(COP(=O)(O)OCC[N+](C)(C)C)OC(=O)CCCCCCC/C=C\C/C=C\CCCC. The van der Waals surface area contributed by atoms with Crippen molar-refractivity contribution in [1.82, 2.24) is 0 Å². The molecule has 0 aliphatic heterocycles. The number of nitrogens with zero attached hydrogens (tertiary/aromatic N) is 1. The maximum atomic E-state index is 12.6. The largest absolute Gasteiger partial charge is 0.472 e. The van der Waals surface area contributed by atoms with Crippen LogP contribution in [0.15, 0.2) is 48.6 Å². The number of quaternary nitrogens is 1. The number of carbonyl (C=O) groups is 2. The van der Waals surface area contributed by atoms with Crippen LogP contribution in [-0.2, 0) is 32.7 Å². The van der Waals surface area contributed by atoms with Crippen LogP contribution in [0.3, 0.4) is 0 Å². The van der Waals surface area contributed by atoms with E-state index in [2.05, 4.69) is 62.5 Å². The average molecular weight is 755 g/mol. The van der Waals surface area contributed by atoms with Gasteiger partial charge in [-0.05, 0) is 64.2 Å². The highest BCUT2D eigenvalue weighted by atomic mass is 31.2. The number of carbonyl (C=O) groups excluding carboxylic acids is 2. The fourth-order valence-corrected chi connectivity index (χ4v) is 5.79. The Morgan fingerprint density at radius 2 is 1.04 bits per heavy atom. The Hall–Kier alpha value is -2.03. The van der Waals surface area contributed by atoms with Crippen molar-refractivity contribution in [2.24, 2.45) is 0 Å². The van der Waals surface area contributed by atoms with Gasteiger partial charge in [0.15, 0.2) is 6.10 Å². The van der Waals surface area contributed by atoms with Gasteiger partial charge in [0.25, 0.3) is 0 Å². The lowest BCUT2D eigenvalue weighted by molar-refractivity contribution is -0.870. The van der Waals surface area contributed by atoms with E-state index in [9.17, 15) is 19.0 Å². The molecule has 10 heteroatoms. The maximum absolute atomic E-state index is 12.6. The normalized spacial score (nSPS) is 14.2. The van der Waals surface area contributed by atoms with E-state index in [1.54, 1.807) is 0 Å². The first kappa shape index (κ1) is 50.0. The minimum atomic E-state index is -4.38. The first-order valence-corrected chi connectivity index (χ1v) is 21.9. The molecule has 0 fully saturated rings. The molecule has 0 aliphatic rings. The zero-order valence-electron chi connectivity index (χ0n) is 33.8. The van der Waals surface area contributed by atoms with E-state index in [0.717, 1.165) is 96.3 Å². The third-order valence-corrected chi connectivity index (χ3v) is 9.32. The Labute approximate surface area is 318 Å². The van der Waals surface area contributed by atoms with Crippen LogP contribution in [-0.4, -0.2) is 74.9 Å². The third kappa shape index (κ3) is 37.7. The number of likely N-dealkylation sites (N-methyl/N-ethyl adjacent to an activating group) is 1. The summed E-state index contributed by atoms with van der Waals surface area (Å²) in [5.74, 6) is -0.836. The van der Waals surface area contributed by atoms with Crippen molar-refractivity contribution in [1.29, 1.82) is 0 Å². The predicted octanol–water partition coefficient (Wildman–Crippen LogP) is 11.1. The predicted molar refractivity (Wildman–Crippen MR) is 215 cm³/mol. The number of phosphoric ester groups is 1. The zero-order chi connectivity index (χ0) is 38.6. The van der Waals surface area contributed by atoms with Crippen molar-refractivity contribution in [2.45, 2.75) is 161 Å². The number of phosphoric acid groups is 1. The maximum Gasteiger partial charge on any atom is 0.472 e. The molecule has 0 rings (SSSR count). The molecule has 302 valence electrons. The second-order valence-corrected chi connectivity index (χ2v) is 16.1. The van der Waals surface area contributed by atoms with E-state index in [1.807, 2.05) is 21.1 Å². The van der Waals surface area contributed by atoms with E-state index in [-0.39, 0.29) is 32.0 Å². The Balaban J connectivity index is 4.46. The highest BCUT2D eigenvalue weighted by molar-refractivity contribution is 7.47. The number of unbranched alkanes of at least 4 members (excludes halogenated alkanes) is 14. The van der Waals surface area contributed by atoms with Crippen molar-refractivity contribution in [3.63, 3.8) is 0 Å². The first-order valence-electron chi connectivity index (χ1n) is 20.4. The third-order valence-electron chi connectivity index (χ3n) is 8.33. The highest BCUT2D eigenvalue weighted by Crippen LogP contribution is 2.43. The Bertz CT molecular complexity index is 1030. The van der Waals surface area contributed by atoms with E-state index < -0.39 is 26.5 Å². The summed E-state index contributed by atoms with van der Waals surface area (Å²) in [6.07, 6.45) is 38.6. The molecule has 2 atom stereocenters. The first-order chi connectivity index (χ1) is 25.0. The topological polar surface area (TPSA) is 108 Å². The van der Waals surface area contributed by atoms with Gasteiger partial charge in [-0.2, -0.15) is 0 Å². The van der Waals surface area contributed by atoms with Gasteiger partial charge in [-0.25, -0.2) is 4.57 Å². The van der Waals surface area contributed by atoms with E-state index >= 15 is 0 Å². The molecule has 52 heavy (non-hydrogen) atoms. The van der Waals surface area contributed by atoms with E-state index in [1.165, 1.54) is 25.7 Å². The lowest BCUT2D eigenvalue weighted by Gasteiger charge is -2.24. The number of allylic oxidation sites excluding steroid dienone is 8. The van der Waals surface area contributed by atoms with E-state index in [0.29, 0.717) is 17.4 Å². The summed E-state index contributed by atoms with van der Waals surface area (Å²) < 4.78 is 34.2. The number of esters is 2.